The summed E-state index contributed by atoms with van der Waals surface area (Å²) in [5.74, 6) is -0.186. The molecule has 0 heterocycles. The number of halogens is 3. The van der Waals surface area contributed by atoms with Crippen molar-refractivity contribution in [3.05, 3.63) is 35.4 Å². The van der Waals surface area contributed by atoms with Crippen LogP contribution in [0.3, 0.4) is 0 Å². The van der Waals surface area contributed by atoms with Gasteiger partial charge in [0.05, 0.1) is 18.2 Å². The Morgan fingerprint density at radius 3 is 2.32 bits per heavy atom. The van der Waals surface area contributed by atoms with Crippen LogP contribution in [-0.2, 0) is 11.0 Å². The van der Waals surface area contributed by atoms with E-state index in [1.54, 1.807) is 6.92 Å². The molecule has 1 unspecified atom stereocenters. The fourth-order valence-electron chi connectivity index (χ4n) is 1.58. The van der Waals surface area contributed by atoms with Gasteiger partial charge >= 0.3 is 6.18 Å². The molecule has 1 atom stereocenters. The van der Waals surface area contributed by atoms with Gasteiger partial charge in [-0.25, -0.2) is 0 Å². The van der Waals surface area contributed by atoms with Crippen molar-refractivity contribution in [3.63, 3.8) is 0 Å². The minimum absolute atomic E-state index is 0.186. The quantitative estimate of drug-likeness (QED) is 0.866. The number of hydrogen-bond donors (Lipinski definition) is 2. The number of nitrogens with one attached hydrogen (secondary N) is 2. The van der Waals surface area contributed by atoms with Crippen LogP contribution in [0.5, 0.6) is 0 Å². The number of likely N-dealkylation sites (N-methyl/N-ethyl adjacent to an activating group) is 1. The lowest BCUT2D eigenvalue weighted by molar-refractivity contribution is -0.137. The van der Waals surface area contributed by atoms with Gasteiger partial charge in [0.1, 0.15) is 0 Å². The van der Waals surface area contributed by atoms with Crippen LogP contribution in [0.1, 0.15) is 31.0 Å². The molecule has 0 bridgehead atoms. The molecule has 3 nitrogen and oxygen atoms in total. The third-order valence-electron chi connectivity index (χ3n) is 2.65. The molecule has 1 aromatic rings. The Kier molecular flexibility index (Phi) is 5.35. The number of carbonyl (C=O) groups excluding carboxylic acids is 1. The molecule has 0 spiro atoms. The van der Waals surface area contributed by atoms with E-state index >= 15 is 0 Å². The highest BCUT2D eigenvalue weighted by molar-refractivity contribution is 5.78. The predicted octanol–water partition coefficient (Wildman–Crippen LogP) is 2.49. The minimum Gasteiger partial charge on any atom is -0.348 e. The second kappa shape index (κ2) is 6.56. The second-order valence-corrected chi connectivity index (χ2v) is 4.19. The molecule has 0 saturated heterocycles. The van der Waals surface area contributed by atoms with E-state index in [1.807, 2.05) is 6.92 Å². The van der Waals surface area contributed by atoms with Crippen molar-refractivity contribution in [3.8, 4) is 0 Å². The molecular formula is C13H17F3N2O. The van der Waals surface area contributed by atoms with Crippen molar-refractivity contribution in [2.75, 3.05) is 13.1 Å². The van der Waals surface area contributed by atoms with E-state index in [9.17, 15) is 18.0 Å². The van der Waals surface area contributed by atoms with Gasteiger partial charge in [-0.3, -0.25) is 4.79 Å². The highest BCUT2D eigenvalue weighted by Crippen LogP contribution is 2.29. The third kappa shape index (κ3) is 4.90. The lowest BCUT2D eigenvalue weighted by Gasteiger charge is -2.15. The number of amides is 1. The molecule has 0 aliphatic rings. The Balaban J connectivity index is 2.63. The summed E-state index contributed by atoms with van der Waals surface area (Å²) in [7, 11) is 0. The van der Waals surface area contributed by atoms with E-state index < -0.39 is 11.7 Å². The van der Waals surface area contributed by atoms with Gasteiger partial charge in [0, 0.05) is 0 Å². The van der Waals surface area contributed by atoms with Gasteiger partial charge in [-0.1, -0.05) is 19.1 Å². The van der Waals surface area contributed by atoms with Crippen LogP contribution in [0.15, 0.2) is 24.3 Å². The lowest BCUT2D eigenvalue weighted by Crippen LogP contribution is -2.35. The van der Waals surface area contributed by atoms with Gasteiger partial charge in [-0.05, 0) is 31.2 Å². The van der Waals surface area contributed by atoms with Crippen molar-refractivity contribution < 1.29 is 18.0 Å². The van der Waals surface area contributed by atoms with E-state index in [4.69, 9.17) is 0 Å². The molecule has 1 aromatic carbocycles. The number of rotatable bonds is 5. The van der Waals surface area contributed by atoms with E-state index in [0.29, 0.717) is 12.1 Å². The van der Waals surface area contributed by atoms with Gasteiger partial charge < -0.3 is 10.6 Å². The average molecular weight is 274 g/mol. The molecule has 2 N–H and O–H groups in total. The zero-order valence-electron chi connectivity index (χ0n) is 10.8. The molecule has 6 heteroatoms. The molecule has 0 radical (unpaired) electrons. The Morgan fingerprint density at radius 1 is 1.26 bits per heavy atom. The van der Waals surface area contributed by atoms with Crippen molar-refractivity contribution >= 4 is 5.91 Å². The Morgan fingerprint density at radius 2 is 1.84 bits per heavy atom. The Labute approximate surface area is 110 Å². The number of carbonyl (C=O) groups is 1. The summed E-state index contributed by atoms with van der Waals surface area (Å²) in [6.45, 7) is 4.49. The van der Waals surface area contributed by atoms with Crippen LogP contribution >= 0.6 is 0 Å². The van der Waals surface area contributed by atoms with E-state index in [0.717, 1.165) is 12.1 Å². The maximum atomic E-state index is 12.4. The first-order chi connectivity index (χ1) is 8.84. The van der Waals surface area contributed by atoms with Crippen LogP contribution in [0, 0.1) is 0 Å². The van der Waals surface area contributed by atoms with Crippen molar-refractivity contribution in [1.29, 1.82) is 0 Å². The molecular weight excluding hydrogens is 257 g/mol. The van der Waals surface area contributed by atoms with Crippen LogP contribution in [0.25, 0.3) is 0 Å². The fourth-order valence-corrected chi connectivity index (χ4v) is 1.58. The van der Waals surface area contributed by atoms with Gasteiger partial charge in [-0.2, -0.15) is 13.2 Å². The molecule has 0 aliphatic carbocycles. The Hall–Kier alpha value is -1.56. The number of hydrogen-bond acceptors (Lipinski definition) is 2. The summed E-state index contributed by atoms with van der Waals surface area (Å²) in [4.78, 5) is 11.5. The van der Waals surface area contributed by atoms with Crippen molar-refractivity contribution in [1.82, 2.24) is 10.6 Å². The molecule has 0 aliphatic heterocycles. The predicted molar refractivity (Wildman–Crippen MR) is 66.5 cm³/mol. The summed E-state index contributed by atoms with van der Waals surface area (Å²) in [6, 6.07) is 4.46. The molecule has 0 fully saturated rings. The Bertz CT molecular complexity index is 415. The van der Waals surface area contributed by atoms with Crippen LogP contribution in [-0.4, -0.2) is 19.0 Å². The topological polar surface area (TPSA) is 41.1 Å². The van der Waals surface area contributed by atoms with Gasteiger partial charge in [0.2, 0.25) is 5.91 Å². The summed E-state index contributed by atoms with van der Waals surface area (Å²) in [5, 5.41) is 5.58. The molecule has 0 aromatic heterocycles. The fraction of sp³-hybridized carbons (Fsp3) is 0.462. The highest BCUT2D eigenvalue weighted by Gasteiger charge is 2.30. The van der Waals surface area contributed by atoms with Crippen molar-refractivity contribution in [2.45, 2.75) is 26.1 Å². The molecule has 1 rings (SSSR count). The molecule has 19 heavy (non-hydrogen) atoms. The SMILES string of the molecule is CCNCC(=O)NC(C)c1ccc(C(F)(F)F)cc1. The zero-order chi connectivity index (χ0) is 14.5. The standard InChI is InChI=1S/C13H17F3N2O/c1-3-17-8-12(19)18-9(2)10-4-6-11(7-5-10)13(14,15)16/h4-7,9,17H,3,8H2,1-2H3,(H,18,19). The monoisotopic (exact) mass is 274 g/mol. The first-order valence-electron chi connectivity index (χ1n) is 6.01. The molecule has 0 saturated carbocycles. The van der Waals surface area contributed by atoms with Crippen LogP contribution in [0.4, 0.5) is 13.2 Å². The largest absolute Gasteiger partial charge is 0.416 e. The first kappa shape index (κ1) is 15.5. The average Bonchev–Trinajstić information content (AvgIpc) is 2.35. The lowest BCUT2D eigenvalue weighted by atomic mass is 10.1. The maximum Gasteiger partial charge on any atom is 0.416 e. The van der Waals surface area contributed by atoms with Gasteiger partial charge in [0.15, 0.2) is 0 Å². The smallest absolute Gasteiger partial charge is 0.348 e. The minimum atomic E-state index is -4.34. The second-order valence-electron chi connectivity index (χ2n) is 4.19. The first-order valence-corrected chi connectivity index (χ1v) is 6.01. The molecule has 1 amide bonds. The highest BCUT2D eigenvalue weighted by atomic mass is 19.4. The van der Waals surface area contributed by atoms with Gasteiger partial charge in [-0.15, -0.1) is 0 Å². The summed E-state index contributed by atoms with van der Waals surface area (Å²) >= 11 is 0. The van der Waals surface area contributed by atoms with E-state index in [2.05, 4.69) is 10.6 Å². The van der Waals surface area contributed by atoms with Crippen molar-refractivity contribution in [2.24, 2.45) is 0 Å². The summed E-state index contributed by atoms with van der Waals surface area (Å²) < 4.78 is 37.2. The normalized spacial score (nSPS) is 13.1. The summed E-state index contributed by atoms with van der Waals surface area (Å²) in [5.41, 5.74) is -0.0553. The number of benzene rings is 1. The van der Waals surface area contributed by atoms with Gasteiger partial charge in [0.25, 0.3) is 0 Å². The van der Waals surface area contributed by atoms with Crippen LogP contribution < -0.4 is 10.6 Å². The van der Waals surface area contributed by atoms with E-state index in [-0.39, 0.29) is 18.5 Å². The molecule has 106 valence electrons. The van der Waals surface area contributed by atoms with E-state index in [1.165, 1.54) is 12.1 Å². The zero-order valence-corrected chi connectivity index (χ0v) is 10.8. The third-order valence-corrected chi connectivity index (χ3v) is 2.65. The summed E-state index contributed by atoms with van der Waals surface area (Å²) in [6.07, 6.45) is -4.34. The van der Waals surface area contributed by atoms with Crippen LogP contribution in [0.2, 0.25) is 0 Å². The maximum absolute atomic E-state index is 12.4. The number of alkyl halides is 3.